The number of ether oxygens (including phenoxy) is 2. The van der Waals surface area contributed by atoms with Crippen LogP contribution in [0, 0.1) is 5.92 Å². The van der Waals surface area contributed by atoms with E-state index in [1.807, 2.05) is 79.9 Å². The van der Waals surface area contributed by atoms with Crippen molar-refractivity contribution in [1.82, 2.24) is 26.1 Å². The van der Waals surface area contributed by atoms with E-state index < -0.39 is 42.3 Å². The fraction of sp³-hybridized carbons (Fsp3) is 0.432. The number of nitrogens with zero attached hydrogens (tertiary/aromatic N) is 3. The van der Waals surface area contributed by atoms with Gasteiger partial charge in [0.15, 0.2) is 17.5 Å². The first kappa shape index (κ1) is 37.3. The van der Waals surface area contributed by atoms with Crippen molar-refractivity contribution >= 4 is 34.6 Å². The van der Waals surface area contributed by atoms with Crippen LogP contribution in [0.4, 0.5) is 14.7 Å². The number of anilines is 1. The third kappa shape index (κ3) is 11.8. The molecule has 13 nitrogen and oxygen atoms in total. The van der Waals surface area contributed by atoms with Gasteiger partial charge in [0, 0.05) is 30.6 Å². The highest BCUT2D eigenvalue weighted by Crippen LogP contribution is 2.24. The Hall–Kier alpha value is -4.95. The number of carbonyl (C=O) groups is 3. The van der Waals surface area contributed by atoms with E-state index in [2.05, 4.69) is 31.0 Å². The molecule has 51 heavy (non-hydrogen) atoms. The Bertz CT molecular complexity index is 1650. The van der Waals surface area contributed by atoms with E-state index in [0.29, 0.717) is 24.3 Å². The van der Waals surface area contributed by atoms with Gasteiger partial charge in [-0.25, -0.2) is 14.6 Å². The second-order valence-corrected chi connectivity index (χ2v) is 13.8. The van der Waals surface area contributed by atoms with Gasteiger partial charge < -0.3 is 40.0 Å². The lowest BCUT2D eigenvalue weighted by atomic mass is 9.93. The van der Waals surface area contributed by atoms with Crippen LogP contribution in [0.1, 0.15) is 55.7 Å². The Morgan fingerprint density at radius 1 is 0.882 bits per heavy atom. The molecular formula is C37H46N6O7S. The summed E-state index contributed by atoms with van der Waals surface area (Å²) in [7, 11) is 0. The Labute approximate surface area is 301 Å². The van der Waals surface area contributed by atoms with Crippen molar-refractivity contribution < 1.29 is 33.5 Å². The van der Waals surface area contributed by atoms with Gasteiger partial charge in [0.05, 0.1) is 24.0 Å². The van der Waals surface area contributed by atoms with Crippen molar-refractivity contribution in [2.45, 2.75) is 83.4 Å². The van der Waals surface area contributed by atoms with E-state index in [1.165, 1.54) is 17.5 Å². The number of hydrogen-bond donors (Lipinski definition) is 4. The molecule has 0 saturated carbocycles. The van der Waals surface area contributed by atoms with Gasteiger partial charge in [0.2, 0.25) is 5.91 Å². The molecule has 272 valence electrons. The average Bonchev–Trinajstić information content (AvgIpc) is 3.93. The van der Waals surface area contributed by atoms with Gasteiger partial charge in [-0.05, 0) is 49.1 Å². The van der Waals surface area contributed by atoms with E-state index >= 15 is 0 Å². The van der Waals surface area contributed by atoms with Crippen molar-refractivity contribution in [3.05, 3.63) is 101 Å². The van der Waals surface area contributed by atoms with E-state index in [0.717, 1.165) is 42.2 Å². The molecule has 1 aliphatic rings. The third-order valence-corrected chi connectivity index (χ3v) is 9.54. The topological polar surface area (TPSA) is 168 Å². The highest BCUT2D eigenvalue weighted by molar-refractivity contribution is 7.13. The maximum atomic E-state index is 13.8. The summed E-state index contributed by atoms with van der Waals surface area (Å²) in [4.78, 5) is 46.3. The molecule has 2 aromatic heterocycles. The van der Waals surface area contributed by atoms with Crippen LogP contribution in [-0.4, -0.2) is 70.7 Å². The summed E-state index contributed by atoms with van der Waals surface area (Å²) in [5, 5.41) is 26.6. The van der Waals surface area contributed by atoms with E-state index in [4.69, 9.17) is 14.0 Å². The Balaban J connectivity index is 1.23. The fourth-order valence-corrected chi connectivity index (χ4v) is 6.76. The number of nitrogens with one attached hydrogen (secondary N) is 3. The molecule has 3 amide bonds. The second kappa shape index (κ2) is 18.9. The largest absolute Gasteiger partial charge is 0.443 e. The third-order valence-electron chi connectivity index (χ3n) is 8.59. The van der Waals surface area contributed by atoms with Crippen LogP contribution in [-0.2, 0) is 40.3 Å². The van der Waals surface area contributed by atoms with Gasteiger partial charge in [0.1, 0.15) is 12.6 Å². The number of aromatic nitrogens is 2. The zero-order valence-corrected chi connectivity index (χ0v) is 29.7. The Kier molecular flexibility index (Phi) is 13.8. The number of amides is 3. The van der Waals surface area contributed by atoms with Gasteiger partial charge in [-0.1, -0.05) is 79.7 Å². The van der Waals surface area contributed by atoms with Gasteiger partial charge in [-0.2, -0.15) is 0 Å². The molecule has 4 N–H and O–H groups in total. The number of alkyl carbamates (subject to hydrolysis) is 2. The number of carbonyl (C=O) groups excluding carboxylic acids is 3. The number of aliphatic hydroxyl groups excluding tert-OH is 1. The van der Waals surface area contributed by atoms with Gasteiger partial charge in [0.25, 0.3) is 0 Å². The molecule has 14 heteroatoms. The molecule has 0 radical (unpaired) electrons. The highest BCUT2D eigenvalue weighted by Gasteiger charge is 2.31. The minimum Gasteiger partial charge on any atom is -0.443 e. The summed E-state index contributed by atoms with van der Waals surface area (Å²) in [6.07, 6.45) is 2.00. The molecular weight excluding hydrogens is 673 g/mol. The van der Waals surface area contributed by atoms with Crippen LogP contribution in [0.2, 0.25) is 0 Å². The summed E-state index contributed by atoms with van der Waals surface area (Å²) < 4.78 is 15.8. The standard InChI is InChI=1S/C37H46N6O7S/c1-25(2)33(42-37(47)48-22-29-24-51-35(40-29)43-17-9-10-18-43)34(45)39-28(19-26-11-5-3-6-12-26)21-32(44)31(20-27-13-7-4-8-14-27)41-36(46)49-23-30-15-16-38-50-30/h3-8,11-16,24-25,28,31-33,44H,9-10,17-23H2,1-2H3,(H,39,45)(H,41,46)(H,42,47)/t28-,31-,32-,33-/m0/s1. The molecule has 2 aromatic carbocycles. The first-order chi connectivity index (χ1) is 24.7. The lowest BCUT2D eigenvalue weighted by Crippen LogP contribution is -2.54. The van der Waals surface area contributed by atoms with E-state index in [1.54, 1.807) is 6.07 Å². The molecule has 0 unspecified atom stereocenters. The maximum absolute atomic E-state index is 13.8. The Morgan fingerprint density at radius 3 is 2.18 bits per heavy atom. The minimum absolute atomic E-state index is 0.0118. The summed E-state index contributed by atoms with van der Waals surface area (Å²) >= 11 is 1.52. The summed E-state index contributed by atoms with van der Waals surface area (Å²) in [5.41, 5.74) is 2.49. The summed E-state index contributed by atoms with van der Waals surface area (Å²) in [6, 6.07) is 18.4. The lowest BCUT2D eigenvalue weighted by Gasteiger charge is -2.30. The summed E-state index contributed by atoms with van der Waals surface area (Å²) in [6.45, 7) is 5.48. The number of benzene rings is 2. The molecule has 4 aromatic rings. The summed E-state index contributed by atoms with van der Waals surface area (Å²) in [5.74, 6) is -0.311. The van der Waals surface area contributed by atoms with Gasteiger partial charge >= 0.3 is 12.2 Å². The highest BCUT2D eigenvalue weighted by atomic mass is 32.1. The van der Waals surface area contributed by atoms with Gasteiger partial charge in [-0.15, -0.1) is 11.3 Å². The normalized spacial score (nSPS) is 15.1. The van der Waals surface area contributed by atoms with Gasteiger partial charge in [-0.3, -0.25) is 4.79 Å². The van der Waals surface area contributed by atoms with Crippen molar-refractivity contribution in [2.75, 3.05) is 18.0 Å². The number of aliphatic hydroxyl groups is 1. The fourth-order valence-electron chi connectivity index (χ4n) is 5.90. The quantitative estimate of drug-likeness (QED) is 0.117. The van der Waals surface area contributed by atoms with Crippen LogP contribution in [0.3, 0.4) is 0 Å². The molecule has 0 aliphatic carbocycles. The average molecular weight is 719 g/mol. The minimum atomic E-state index is -1.09. The monoisotopic (exact) mass is 718 g/mol. The zero-order chi connectivity index (χ0) is 36.0. The molecule has 4 atom stereocenters. The molecule has 1 aliphatic heterocycles. The van der Waals surface area contributed by atoms with Crippen LogP contribution in [0.25, 0.3) is 0 Å². The van der Waals surface area contributed by atoms with Crippen molar-refractivity contribution in [3.8, 4) is 0 Å². The van der Waals surface area contributed by atoms with E-state index in [9.17, 15) is 19.5 Å². The number of thiazole rings is 1. The first-order valence-electron chi connectivity index (χ1n) is 17.2. The molecule has 0 bridgehead atoms. The van der Waals surface area contributed by atoms with Crippen LogP contribution in [0.5, 0.6) is 0 Å². The molecule has 0 spiro atoms. The van der Waals surface area contributed by atoms with E-state index in [-0.39, 0.29) is 25.6 Å². The molecule has 5 rings (SSSR count). The van der Waals surface area contributed by atoms with Crippen molar-refractivity contribution in [2.24, 2.45) is 5.92 Å². The van der Waals surface area contributed by atoms with Crippen LogP contribution < -0.4 is 20.9 Å². The second-order valence-electron chi connectivity index (χ2n) is 13.0. The van der Waals surface area contributed by atoms with Crippen molar-refractivity contribution in [1.29, 1.82) is 0 Å². The smallest absolute Gasteiger partial charge is 0.408 e. The maximum Gasteiger partial charge on any atom is 0.408 e. The predicted molar refractivity (Wildman–Crippen MR) is 192 cm³/mol. The SMILES string of the molecule is CC(C)[C@H](NC(=O)OCc1csc(N2CCCC2)n1)C(=O)N[C@@H](Cc1ccccc1)C[C@H](O)[C@H](Cc1ccccc1)NC(=O)OCc1ccno1. The predicted octanol–water partition coefficient (Wildman–Crippen LogP) is 5.00. The first-order valence-corrected chi connectivity index (χ1v) is 18.1. The lowest BCUT2D eigenvalue weighted by molar-refractivity contribution is -0.125. The Morgan fingerprint density at radius 2 is 1.53 bits per heavy atom. The zero-order valence-electron chi connectivity index (χ0n) is 28.9. The van der Waals surface area contributed by atoms with Crippen molar-refractivity contribution in [3.63, 3.8) is 0 Å². The number of rotatable bonds is 17. The van der Waals surface area contributed by atoms with Crippen LogP contribution >= 0.6 is 11.3 Å². The molecule has 3 heterocycles. The molecule has 1 saturated heterocycles. The number of hydrogen-bond acceptors (Lipinski definition) is 11. The van der Waals surface area contributed by atoms with Crippen LogP contribution in [0.15, 0.2) is 82.8 Å². The molecule has 1 fully saturated rings.